The van der Waals surface area contributed by atoms with Gasteiger partial charge >= 0.3 is 0 Å². The average molecular weight is 314 g/mol. The standard InChI is InChI=1S/C16H22N6O/c1-13-15(11-20(2)19-13)18-16(23)12-21-7-9-22(10-8-21)14-3-5-17-6-4-14/h3-6,11H,7-10,12H2,1-2H3,(H,18,23). The maximum Gasteiger partial charge on any atom is 0.238 e. The van der Waals surface area contributed by atoms with Gasteiger partial charge in [-0.15, -0.1) is 0 Å². The molecule has 122 valence electrons. The molecule has 1 fully saturated rings. The molecular weight excluding hydrogens is 292 g/mol. The molecule has 2 aromatic rings. The molecule has 0 unspecified atom stereocenters. The second kappa shape index (κ2) is 6.78. The molecular formula is C16H22N6O. The fourth-order valence-corrected chi connectivity index (χ4v) is 2.83. The van der Waals surface area contributed by atoms with Crippen molar-refractivity contribution < 1.29 is 4.79 Å². The molecule has 0 radical (unpaired) electrons. The van der Waals surface area contributed by atoms with Crippen LogP contribution in [0.15, 0.2) is 30.7 Å². The molecule has 1 saturated heterocycles. The number of carbonyl (C=O) groups is 1. The Bertz CT molecular complexity index is 660. The van der Waals surface area contributed by atoms with Gasteiger partial charge in [0.05, 0.1) is 17.9 Å². The molecule has 0 aliphatic carbocycles. The summed E-state index contributed by atoms with van der Waals surface area (Å²) in [5.74, 6) is 0.0125. The number of amides is 1. The fraction of sp³-hybridized carbons (Fsp3) is 0.438. The third-order valence-corrected chi connectivity index (χ3v) is 4.05. The summed E-state index contributed by atoms with van der Waals surface area (Å²) in [6.45, 7) is 5.90. The number of nitrogens with one attached hydrogen (secondary N) is 1. The number of aryl methyl sites for hydroxylation is 2. The highest BCUT2D eigenvalue weighted by atomic mass is 16.2. The molecule has 1 amide bonds. The van der Waals surface area contributed by atoms with Crippen LogP contribution in [-0.2, 0) is 11.8 Å². The summed E-state index contributed by atoms with van der Waals surface area (Å²) in [4.78, 5) is 20.7. The van der Waals surface area contributed by atoms with Gasteiger partial charge in [-0.25, -0.2) is 0 Å². The van der Waals surface area contributed by atoms with E-state index in [9.17, 15) is 4.79 Å². The van der Waals surface area contributed by atoms with E-state index in [1.807, 2.05) is 44.7 Å². The van der Waals surface area contributed by atoms with Gasteiger partial charge in [0, 0.05) is 57.5 Å². The van der Waals surface area contributed by atoms with Crippen molar-refractivity contribution in [2.24, 2.45) is 7.05 Å². The number of aromatic nitrogens is 3. The Labute approximate surface area is 135 Å². The molecule has 1 aliphatic heterocycles. The summed E-state index contributed by atoms with van der Waals surface area (Å²) in [6, 6.07) is 4.04. The first-order valence-electron chi connectivity index (χ1n) is 7.79. The molecule has 0 aromatic carbocycles. The monoisotopic (exact) mass is 314 g/mol. The minimum atomic E-state index is 0.0125. The second-order valence-electron chi connectivity index (χ2n) is 5.82. The van der Waals surface area contributed by atoms with Gasteiger partial charge in [-0.05, 0) is 19.1 Å². The van der Waals surface area contributed by atoms with E-state index in [1.165, 1.54) is 5.69 Å². The summed E-state index contributed by atoms with van der Waals surface area (Å²) in [5.41, 5.74) is 2.81. The van der Waals surface area contributed by atoms with E-state index in [0.717, 1.165) is 37.6 Å². The van der Waals surface area contributed by atoms with E-state index in [-0.39, 0.29) is 5.91 Å². The van der Waals surface area contributed by atoms with Crippen LogP contribution in [-0.4, -0.2) is 58.3 Å². The minimum Gasteiger partial charge on any atom is -0.369 e. The highest BCUT2D eigenvalue weighted by Gasteiger charge is 2.19. The molecule has 1 aliphatic rings. The van der Waals surface area contributed by atoms with Crippen LogP contribution in [0.3, 0.4) is 0 Å². The quantitative estimate of drug-likeness (QED) is 0.908. The molecule has 1 N–H and O–H groups in total. The number of pyridine rings is 1. The molecule has 2 aromatic heterocycles. The van der Waals surface area contributed by atoms with Crippen LogP contribution >= 0.6 is 0 Å². The van der Waals surface area contributed by atoms with Crippen LogP contribution in [0.25, 0.3) is 0 Å². The van der Waals surface area contributed by atoms with Gasteiger partial charge in [0.2, 0.25) is 5.91 Å². The van der Waals surface area contributed by atoms with E-state index in [1.54, 1.807) is 4.68 Å². The Balaban J connectivity index is 1.49. The number of nitrogens with zero attached hydrogens (tertiary/aromatic N) is 5. The van der Waals surface area contributed by atoms with Crippen molar-refractivity contribution >= 4 is 17.3 Å². The topological polar surface area (TPSA) is 66.3 Å². The van der Waals surface area contributed by atoms with Crippen molar-refractivity contribution in [1.29, 1.82) is 0 Å². The molecule has 7 heteroatoms. The summed E-state index contributed by atoms with van der Waals surface area (Å²) >= 11 is 0. The Morgan fingerprint density at radius 3 is 2.52 bits per heavy atom. The number of piperazine rings is 1. The Hall–Kier alpha value is -2.41. The summed E-state index contributed by atoms with van der Waals surface area (Å²) in [6.07, 6.45) is 5.45. The highest BCUT2D eigenvalue weighted by molar-refractivity contribution is 5.92. The van der Waals surface area contributed by atoms with Gasteiger partial charge in [-0.1, -0.05) is 0 Å². The normalized spacial score (nSPS) is 15.7. The zero-order valence-corrected chi connectivity index (χ0v) is 13.6. The summed E-state index contributed by atoms with van der Waals surface area (Å²) in [7, 11) is 1.85. The number of hydrogen-bond donors (Lipinski definition) is 1. The van der Waals surface area contributed by atoms with Crippen molar-refractivity contribution in [3.8, 4) is 0 Å². The predicted molar refractivity (Wildman–Crippen MR) is 89.5 cm³/mol. The lowest BCUT2D eigenvalue weighted by atomic mass is 10.2. The van der Waals surface area contributed by atoms with Crippen LogP contribution < -0.4 is 10.2 Å². The Kier molecular flexibility index (Phi) is 4.57. The Morgan fingerprint density at radius 1 is 1.22 bits per heavy atom. The van der Waals surface area contributed by atoms with E-state index >= 15 is 0 Å². The average Bonchev–Trinajstić information content (AvgIpc) is 2.86. The van der Waals surface area contributed by atoms with Crippen LogP contribution in [0, 0.1) is 6.92 Å². The first-order valence-corrected chi connectivity index (χ1v) is 7.79. The van der Waals surface area contributed by atoms with Crippen LogP contribution in [0.5, 0.6) is 0 Å². The first-order chi connectivity index (χ1) is 11.1. The molecule has 7 nitrogen and oxygen atoms in total. The van der Waals surface area contributed by atoms with E-state index in [2.05, 4.69) is 25.2 Å². The largest absolute Gasteiger partial charge is 0.369 e. The molecule has 0 atom stereocenters. The van der Waals surface area contributed by atoms with Crippen molar-refractivity contribution in [3.63, 3.8) is 0 Å². The van der Waals surface area contributed by atoms with Crippen molar-refractivity contribution in [3.05, 3.63) is 36.4 Å². The lowest BCUT2D eigenvalue weighted by Gasteiger charge is -2.35. The van der Waals surface area contributed by atoms with Crippen LogP contribution in [0.1, 0.15) is 5.69 Å². The zero-order chi connectivity index (χ0) is 16.2. The van der Waals surface area contributed by atoms with Gasteiger partial charge in [0.25, 0.3) is 0 Å². The third kappa shape index (κ3) is 3.87. The summed E-state index contributed by atoms with van der Waals surface area (Å²) < 4.78 is 1.71. The van der Waals surface area contributed by atoms with Gasteiger partial charge < -0.3 is 10.2 Å². The number of anilines is 2. The lowest BCUT2D eigenvalue weighted by Crippen LogP contribution is -2.48. The number of carbonyl (C=O) groups excluding carboxylic acids is 1. The molecule has 0 spiro atoms. The van der Waals surface area contributed by atoms with E-state index in [4.69, 9.17) is 0 Å². The molecule has 3 heterocycles. The van der Waals surface area contributed by atoms with Crippen molar-refractivity contribution in [2.45, 2.75) is 6.92 Å². The number of hydrogen-bond acceptors (Lipinski definition) is 5. The SMILES string of the molecule is Cc1nn(C)cc1NC(=O)CN1CCN(c2ccncc2)CC1. The fourth-order valence-electron chi connectivity index (χ4n) is 2.83. The second-order valence-corrected chi connectivity index (χ2v) is 5.82. The minimum absolute atomic E-state index is 0.0125. The maximum absolute atomic E-state index is 12.2. The highest BCUT2D eigenvalue weighted by Crippen LogP contribution is 2.15. The van der Waals surface area contributed by atoms with Crippen LogP contribution in [0.2, 0.25) is 0 Å². The van der Waals surface area contributed by atoms with Gasteiger partial charge in [0.15, 0.2) is 0 Å². The molecule has 3 rings (SSSR count). The van der Waals surface area contributed by atoms with Gasteiger partial charge in [0.1, 0.15) is 0 Å². The summed E-state index contributed by atoms with van der Waals surface area (Å²) in [5, 5.41) is 7.17. The van der Waals surface area contributed by atoms with Crippen molar-refractivity contribution in [2.75, 3.05) is 42.9 Å². The zero-order valence-electron chi connectivity index (χ0n) is 13.6. The first kappa shape index (κ1) is 15.5. The molecule has 0 saturated carbocycles. The van der Waals surface area contributed by atoms with Crippen molar-refractivity contribution in [1.82, 2.24) is 19.7 Å². The molecule has 23 heavy (non-hydrogen) atoms. The van der Waals surface area contributed by atoms with Gasteiger partial charge in [-0.3, -0.25) is 19.4 Å². The third-order valence-electron chi connectivity index (χ3n) is 4.05. The van der Waals surface area contributed by atoms with Gasteiger partial charge in [-0.2, -0.15) is 5.10 Å². The number of rotatable bonds is 4. The smallest absolute Gasteiger partial charge is 0.238 e. The lowest BCUT2D eigenvalue weighted by molar-refractivity contribution is -0.117. The Morgan fingerprint density at radius 2 is 1.91 bits per heavy atom. The molecule has 0 bridgehead atoms. The maximum atomic E-state index is 12.2. The van der Waals surface area contributed by atoms with E-state index < -0.39 is 0 Å². The predicted octanol–water partition coefficient (Wildman–Crippen LogP) is 0.884. The van der Waals surface area contributed by atoms with E-state index in [0.29, 0.717) is 6.54 Å². The van der Waals surface area contributed by atoms with Crippen LogP contribution in [0.4, 0.5) is 11.4 Å².